The summed E-state index contributed by atoms with van der Waals surface area (Å²) in [6.07, 6.45) is 1.99. The Morgan fingerprint density at radius 2 is 2.25 bits per heavy atom. The number of carbonyl (C=O) groups excluding carboxylic acids is 1. The number of rotatable bonds is 5. The third kappa shape index (κ3) is 3.44. The summed E-state index contributed by atoms with van der Waals surface area (Å²) in [4.78, 5) is 12.7. The van der Waals surface area contributed by atoms with Gasteiger partial charge in [0.25, 0.3) is 0 Å². The lowest BCUT2D eigenvalue weighted by molar-refractivity contribution is 0.0601. The lowest BCUT2D eigenvalue weighted by Gasteiger charge is -2.08. The maximum absolute atomic E-state index is 11.6. The Labute approximate surface area is 148 Å². The molecule has 3 aromatic rings. The van der Waals surface area contributed by atoms with Gasteiger partial charge in [0.15, 0.2) is 0 Å². The van der Waals surface area contributed by atoms with E-state index in [-0.39, 0.29) is 0 Å². The molecule has 5 nitrogen and oxygen atoms in total. The molecule has 0 atom stereocenters. The fourth-order valence-corrected chi connectivity index (χ4v) is 3.39. The summed E-state index contributed by atoms with van der Waals surface area (Å²) in [5, 5.41) is 10.2. The van der Waals surface area contributed by atoms with Crippen molar-refractivity contribution < 1.29 is 9.53 Å². The molecule has 0 saturated carbocycles. The van der Waals surface area contributed by atoms with Gasteiger partial charge in [-0.3, -0.25) is 4.68 Å². The molecule has 1 aromatic carbocycles. The van der Waals surface area contributed by atoms with Gasteiger partial charge in [0.05, 0.1) is 22.6 Å². The molecule has 24 heavy (non-hydrogen) atoms. The number of benzene rings is 1. The summed E-state index contributed by atoms with van der Waals surface area (Å²) in [5.74, 6) is -0.446. The Kier molecular flexibility index (Phi) is 4.87. The van der Waals surface area contributed by atoms with Crippen LogP contribution in [0, 0.1) is 0 Å². The molecule has 2 heterocycles. The molecule has 0 radical (unpaired) electrons. The number of aryl methyl sites for hydroxylation is 1. The number of methoxy groups -OCH3 is 1. The van der Waals surface area contributed by atoms with Crippen LogP contribution in [-0.4, -0.2) is 22.9 Å². The zero-order chi connectivity index (χ0) is 17.1. The van der Waals surface area contributed by atoms with Gasteiger partial charge in [0.1, 0.15) is 5.69 Å². The highest BCUT2D eigenvalue weighted by atomic mass is 35.5. The molecule has 0 aliphatic carbocycles. The number of thiophene rings is 1. The zero-order valence-corrected chi connectivity index (χ0v) is 14.8. The predicted molar refractivity (Wildman–Crippen MR) is 96.6 cm³/mol. The van der Waals surface area contributed by atoms with Gasteiger partial charge in [-0.15, -0.1) is 11.3 Å². The molecule has 0 amide bonds. The van der Waals surface area contributed by atoms with E-state index < -0.39 is 5.97 Å². The summed E-state index contributed by atoms with van der Waals surface area (Å²) in [7, 11) is 3.24. The third-order valence-corrected chi connectivity index (χ3v) is 4.71. The fraction of sp³-hybridized carbons (Fsp3) is 0.176. The highest BCUT2D eigenvalue weighted by molar-refractivity contribution is 7.13. The highest BCUT2D eigenvalue weighted by Gasteiger charge is 2.13. The van der Waals surface area contributed by atoms with Crippen LogP contribution < -0.4 is 5.32 Å². The van der Waals surface area contributed by atoms with Crippen molar-refractivity contribution in [2.75, 3.05) is 12.4 Å². The molecular weight excluding hydrogens is 346 g/mol. The normalized spacial score (nSPS) is 10.6. The minimum atomic E-state index is -0.446. The van der Waals surface area contributed by atoms with Crippen LogP contribution in [0.15, 0.2) is 41.9 Å². The number of carbonyl (C=O) groups is 1. The average Bonchev–Trinajstić information content (AvgIpc) is 3.21. The molecule has 124 valence electrons. The Bertz CT molecular complexity index is 859. The Morgan fingerprint density at radius 1 is 1.42 bits per heavy atom. The average molecular weight is 362 g/mol. The van der Waals surface area contributed by atoms with Crippen molar-refractivity contribution in [2.45, 2.75) is 6.54 Å². The molecule has 1 N–H and O–H groups in total. The first kappa shape index (κ1) is 16.5. The van der Waals surface area contributed by atoms with E-state index in [1.165, 1.54) is 7.11 Å². The van der Waals surface area contributed by atoms with Crippen molar-refractivity contribution in [1.29, 1.82) is 0 Å². The molecule has 0 saturated heterocycles. The van der Waals surface area contributed by atoms with E-state index >= 15 is 0 Å². The van der Waals surface area contributed by atoms with E-state index in [9.17, 15) is 4.79 Å². The van der Waals surface area contributed by atoms with Gasteiger partial charge < -0.3 is 10.1 Å². The molecule has 0 spiro atoms. The monoisotopic (exact) mass is 361 g/mol. The van der Waals surface area contributed by atoms with Crippen LogP contribution >= 0.6 is 22.9 Å². The second-order valence-corrected chi connectivity index (χ2v) is 6.55. The molecular formula is C17H16ClN3O2S. The van der Waals surface area contributed by atoms with Crippen LogP contribution in [0.25, 0.3) is 10.6 Å². The topological polar surface area (TPSA) is 56.1 Å². The van der Waals surface area contributed by atoms with Crippen molar-refractivity contribution in [2.24, 2.45) is 7.05 Å². The molecule has 0 unspecified atom stereocenters. The number of hydrogen-bond acceptors (Lipinski definition) is 5. The lowest BCUT2D eigenvalue weighted by atomic mass is 10.2. The number of aromatic nitrogens is 2. The van der Waals surface area contributed by atoms with Crippen LogP contribution in [0.2, 0.25) is 5.02 Å². The standard InChI is InChI=1S/C17H16ClN3O2S/c1-21-10-11(16(20-21)15-4-3-7-24-15)9-19-12-5-6-13(14(18)8-12)17(22)23-2/h3-8,10,19H,9H2,1-2H3. The van der Waals surface area contributed by atoms with Crippen molar-refractivity contribution in [3.05, 3.63) is 58.1 Å². The second kappa shape index (κ2) is 7.07. The SMILES string of the molecule is COC(=O)c1ccc(NCc2cn(C)nc2-c2cccs2)cc1Cl. The first-order valence-electron chi connectivity index (χ1n) is 7.26. The molecule has 0 bridgehead atoms. The van der Waals surface area contributed by atoms with E-state index in [4.69, 9.17) is 16.3 Å². The maximum Gasteiger partial charge on any atom is 0.339 e. The number of hydrogen-bond donors (Lipinski definition) is 1. The summed E-state index contributed by atoms with van der Waals surface area (Å²) < 4.78 is 6.50. The zero-order valence-electron chi connectivity index (χ0n) is 13.2. The van der Waals surface area contributed by atoms with Gasteiger partial charge in [-0.2, -0.15) is 5.10 Å². The van der Waals surface area contributed by atoms with Crippen molar-refractivity contribution in [1.82, 2.24) is 9.78 Å². The van der Waals surface area contributed by atoms with Gasteiger partial charge in [0, 0.05) is 31.0 Å². The van der Waals surface area contributed by atoms with Gasteiger partial charge >= 0.3 is 5.97 Å². The summed E-state index contributed by atoms with van der Waals surface area (Å²) >= 11 is 7.80. The molecule has 0 aliphatic heterocycles. The van der Waals surface area contributed by atoms with E-state index in [2.05, 4.69) is 16.5 Å². The second-order valence-electron chi connectivity index (χ2n) is 5.19. The van der Waals surface area contributed by atoms with E-state index in [1.54, 1.807) is 34.2 Å². The van der Waals surface area contributed by atoms with E-state index in [0.717, 1.165) is 21.8 Å². The van der Waals surface area contributed by atoms with Crippen LogP contribution in [0.4, 0.5) is 5.69 Å². The number of esters is 1. The molecule has 2 aromatic heterocycles. The quantitative estimate of drug-likeness (QED) is 0.692. The third-order valence-electron chi connectivity index (χ3n) is 3.52. The lowest BCUT2D eigenvalue weighted by Crippen LogP contribution is -2.04. The first-order valence-corrected chi connectivity index (χ1v) is 8.52. The Hall–Kier alpha value is -2.31. The molecule has 0 aliphatic rings. The molecule has 7 heteroatoms. The van der Waals surface area contributed by atoms with Crippen molar-refractivity contribution in [3.8, 4) is 10.6 Å². The largest absolute Gasteiger partial charge is 0.465 e. The van der Waals surface area contributed by atoms with Crippen LogP contribution in [-0.2, 0) is 18.3 Å². The van der Waals surface area contributed by atoms with Gasteiger partial charge in [-0.1, -0.05) is 17.7 Å². The minimum absolute atomic E-state index is 0.352. The van der Waals surface area contributed by atoms with Crippen LogP contribution in [0.1, 0.15) is 15.9 Å². The first-order chi connectivity index (χ1) is 11.6. The number of anilines is 1. The smallest absolute Gasteiger partial charge is 0.339 e. The van der Waals surface area contributed by atoms with Crippen LogP contribution in [0.3, 0.4) is 0 Å². The highest BCUT2D eigenvalue weighted by Crippen LogP contribution is 2.28. The molecule has 3 rings (SSSR count). The Balaban J connectivity index is 1.77. The summed E-state index contributed by atoms with van der Waals surface area (Å²) in [6.45, 7) is 0.606. The Morgan fingerprint density at radius 3 is 2.92 bits per heavy atom. The van der Waals surface area contributed by atoms with Gasteiger partial charge in [-0.25, -0.2) is 4.79 Å². The summed E-state index contributed by atoms with van der Waals surface area (Å²) in [6, 6.07) is 9.24. The van der Waals surface area contributed by atoms with E-state index in [0.29, 0.717) is 17.1 Å². The number of halogens is 1. The number of nitrogens with one attached hydrogen (secondary N) is 1. The minimum Gasteiger partial charge on any atom is -0.465 e. The maximum atomic E-state index is 11.6. The fourth-order valence-electron chi connectivity index (χ4n) is 2.39. The number of ether oxygens (including phenoxy) is 1. The van der Waals surface area contributed by atoms with Gasteiger partial charge in [-0.05, 0) is 29.6 Å². The van der Waals surface area contributed by atoms with Crippen molar-refractivity contribution >= 4 is 34.6 Å². The van der Waals surface area contributed by atoms with E-state index in [1.807, 2.05) is 24.7 Å². The number of nitrogens with zero attached hydrogens (tertiary/aromatic N) is 2. The van der Waals surface area contributed by atoms with Crippen molar-refractivity contribution in [3.63, 3.8) is 0 Å². The van der Waals surface area contributed by atoms with Gasteiger partial charge in [0.2, 0.25) is 0 Å². The predicted octanol–water partition coefficient (Wildman–Crippen LogP) is 4.20. The van der Waals surface area contributed by atoms with Crippen LogP contribution in [0.5, 0.6) is 0 Å². The molecule has 0 fully saturated rings. The summed E-state index contributed by atoms with van der Waals surface area (Å²) in [5.41, 5.74) is 3.24.